The van der Waals surface area contributed by atoms with Crippen molar-refractivity contribution in [2.45, 2.75) is 31.8 Å². The Morgan fingerprint density at radius 2 is 2.19 bits per heavy atom. The molecule has 0 saturated heterocycles. The van der Waals surface area contributed by atoms with Gasteiger partial charge in [-0.25, -0.2) is 4.39 Å². The van der Waals surface area contributed by atoms with Crippen LogP contribution in [0.15, 0.2) is 41.2 Å². The average Bonchev–Trinajstić information content (AvgIpc) is 2.49. The number of nitrogens with zero attached hydrogens (tertiary/aromatic N) is 1. The Kier molecular flexibility index (Phi) is 3.88. The van der Waals surface area contributed by atoms with Crippen molar-refractivity contribution in [1.29, 1.82) is 0 Å². The van der Waals surface area contributed by atoms with Crippen molar-refractivity contribution in [3.8, 4) is 0 Å². The first-order valence-corrected chi connectivity index (χ1v) is 7.33. The van der Waals surface area contributed by atoms with Crippen LogP contribution in [0.25, 0.3) is 0 Å². The molecule has 1 aromatic heterocycles. The predicted octanol–water partition coefficient (Wildman–Crippen LogP) is 2.63. The molecule has 0 amide bonds. The second kappa shape index (κ2) is 5.82. The maximum absolute atomic E-state index is 13.3. The Labute approximate surface area is 123 Å². The molecule has 0 bridgehead atoms. The fourth-order valence-corrected chi connectivity index (χ4v) is 3.15. The van der Waals surface area contributed by atoms with Crippen molar-refractivity contribution in [1.82, 2.24) is 9.88 Å². The maximum atomic E-state index is 13.3. The summed E-state index contributed by atoms with van der Waals surface area (Å²) in [5, 5.41) is 3.30. The summed E-state index contributed by atoms with van der Waals surface area (Å²) < 4.78 is 15.1. The fraction of sp³-hybridized carbons (Fsp3) is 0.353. The lowest BCUT2D eigenvalue weighted by molar-refractivity contribution is 0.473. The van der Waals surface area contributed by atoms with Gasteiger partial charge in [0, 0.05) is 17.8 Å². The highest BCUT2D eigenvalue weighted by Gasteiger charge is 2.21. The minimum absolute atomic E-state index is 0.0187. The normalized spacial score (nSPS) is 17.5. The molecule has 2 aromatic rings. The summed E-state index contributed by atoms with van der Waals surface area (Å²) in [6, 6.07) is 10.3. The highest BCUT2D eigenvalue weighted by Crippen LogP contribution is 2.28. The molecule has 1 unspecified atom stereocenters. The standard InChI is InChI=1S/C17H19FN2O/c1-19-15-6-3-7-16-14(15)8-9-17(21)20(16)11-12-4-2-5-13(18)10-12/h2,4-5,8-10,15,19H,3,6-7,11H2,1H3. The Morgan fingerprint density at radius 3 is 2.95 bits per heavy atom. The summed E-state index contributed by atoms with van der Waals surface area (Å²) in [7, 11) is 1.95. The first-order valence-electron chi connectivity index (χ1n) is 7.33. The van der Waals surface area contributed by atoms with E-state index in [9.17, 15) is 9.18 Å². The van der Waals surface area contributed by atoms with Gasteiger partial charge in [0.15, 0.2) is 0 Å². The highest BCUT2D eigenvalue weighted by atomic mass is 19.1. The molecule has 0 spiro atoms. The molecule has 0 fully saturated rings. The molecule has 0 radical (unpaired) electrons. The molecule has 1 aliphatic carbocycles. The van der Waals surface area contributed by atoms with Crippen LogP contribution in [0.3, 0.4) is 0 Å². The van der Waals surface area contributed by atoms with E-state index < -0.39 is 0 Å². The number of aromatic nitrogens is 1. The second-order valence-electron chi connectivity index (χ2n) is 5.52. The third-order valence-electron chi connectivity index (χ3n) is 4.19. The molecule has 21 heavy (non-hydrogen) atoms. The molecule has 1 aromatic carbocycles. The summed E-state index contributed by atoms with van der Waals surface area (Å²) in [5.74, 6) is -0.265. The summed E-state index contributed by atoms with van der Waals surface area (Å²) >= 11 is 0. The summed E-state index contributed by atoms with van der Waals surface area (Å²) in [6.45, 7) is 0.427. The first kappa shape index (κ1) is 14.0. The van der Waals surface area contributed by atoms with Crippen LogP contribution in [0.2, 0.25) is 0 Å². The van der Waals surface area contributed by atoms with Gasteiger partial charge in [-0.2, -0.15) is 0 Å². The quantitative estimate of drug-likeness (QED) is 0.941. The van der Waals surface area contributed by atoms with Crippen molar-refractivity contribution < 1.29 is 4.39 Å². The average molecular weight is 286 g/mol. The van der Waals surface area contributed by atoms with E-state index in [1.807, 2.05) is 19.2 Å². The molecular formula is C17H19FN2O. The van der Waals surface area contributed by atoms with Crippen molar-refractivity contribution >= 4 is 0 Å². The summed E-state index contributed by atoms with van der Waals surface area (Å²) in [5.41, 5.74) is 3.07. The van der Waals surface area contributed by atoms with E-state index in [2.05, 4.69) is 5.32 Å². The first-order chi connectivity index (χ1) is 10.2. The van der Waals surface area contributed by atoms with Gasteiger partial charge in [0.25, 0.3) is 5.56 Å². The van der Waals surface area contributed by atoms with Gasteiger partial charge < -0.3 is 9.88 Å². The fourth-order valence-electron chi connectivity index (χ4n) is 3.15. The molecule has 0 saturated carbocycles. The zero-order chi connectivity index (χ0) is 14.8. The molecule has 110 valence electrons. The monoisotopic (exact) mass is 286 g/mol. The Balaban J connectivity index is 2.04. The lowest BCUT2D eigenvalue weighted by atomic mass is 9.91. The number of pyridine rings is 1. The van der Waals surface area contributed by atoms with Crippen LogP contribution in [0, 0.1) is 5.82 Å². The van der Waals surface area contributed by atoms with Crippen LogP contribution in [0.1, 0.15) is 35.7 Å². The number of rotatable bonds is 3. The smallest absolute Gasteiger partial charge is 0.251 e. The lowest BCUT2D eigenvalue weighted by Crippen LogP contribution is -2.30. The number of hydrogen-bond donors (Lipinski definition) is 1. The largest absolute Gasteiger partial charge is 0.313 e. The van der Waals surface area contributed by atoms with E-state index in [-0.39, 0.29) is 11.4 Å². The van der Waals surface area contributed by atoms with Crippen LogP contribution in [-0.4, -0.2) is 11.6 Å². The Bertz CT molecular complexity index is 708. The van der Waals surface area contributed by atoms with Crippen LogP contribution in [-0.2, 0) is 13.0 Å². The van der Waals surface area contributed by atoms with E-state index in [1.54, 1.807) is 16.7 Å². The van der Waals surface area contributed by atoms with Crippen LogP contribution in [0.4, 0.5) is 4.39 Å². The molecule has 4 heteroatoms. The Hall–Kier alpha value is -1.94. The molecule has 0 aliphatic heterocycles. The molecule has 1 aliphatic rings. The number of halogens is 1. The van der Waals surface area contributed by atoms with Crippen LogP contribution < -0.4 is 10.9 Å². The highest BCUT2D eigenvalue weighted by molar-refractivity contribution is 5.29. The van der Waals surface area contributed by atoms with Gasteiger partial charge in [0.05, 0.1) is 6.54 Å². The van der Waals surface area contributed by atoms with Gasteiger partial charge in [0.1, 0.15) is 5.82 Å². The number of hydrogen-bond acceptors (Lipinski definition) is 2. The van der Waals surface area contributed by atoms with Crippen molar-refractivity contribution in [2.24, 2.45) is 0 Å². The van der Waals surface area contributed by atoms with Crippen LogP contribution >= 0.6 is 0 Å². The summed E-state index contributed by atoms with van der Waals surface area (Å²) in [4.78, 5) is 12.2. The van der Waals surface area contributed by atoms with Gasteiger partial charge in [0.2, 0.25) is 0 Å². The minimum atomic E-state index is -0.265. The van der Waals surface area contributed by atoms with Crippen LogP contribution in [0.5, 0.6) is 0 Å². The van der Waals surface area contributed by atoms with E-state index in [1.165, 1.54) is 17.7 Å². The molecular weight excluding hydrogens is 267 g/mol. The van der Waals surface area contributed by atoms with Crippen molar-refractivity contribution in [2.75, 3.05) is 7.05 Å². The Morgan fingerprint density at radius 1 is 1.33 bits per heavy atom. The number of nitrogens with one attached hydrogen (secondary N) is 1. The van der Waals surface area contributed by atoms with Gasteiger partial charge in [-0.05, 0) is 49.6 Å². The molecule has 3 nitrogen and oxygen atoms in total. The van der Waals surface area contributed by atoms with Gasteiger partial charge in [-0.3, -0.25) is 4.79 Å². The minimum Gasteiger partial charge on any atom is -0.313 e. The molecule has 1 N–H and O–H groups in total. The third-order valence-corrected chi connectivity index (χ3v) is 4.19. The molecule has 1 atom stereocenters. The molecule has 3 rings (SSSR count). The second-order valence-corrected chi connectivity index (χ2v) is 5.52. The van der Waals surface area contributed by atoms with Gasteiger partial charge in [-0.15, -0.1) is 0 Å². The zero-order valence-electron chi connectivity index (χ0n) is 12.1. The SMILES string of the molecule is CNC1CCCc2c1ccc(=O)n2Cc1cccc(F)c1. The zero-order valence-corrected chi connectivity index (χ0v) is 12.1. The van der Waals surface area contributed by atoms with Crippen molar-refractivity contribution in [3.63, 3.8) is 0 Å². The number of benzene rings is 1. The third kappa shape index (κ3) is 2.76. The maximum Gasteiger partial charge on any atom is 0.251 e. The lowest BCUT2D eigenvalue weighted by Gasteiger charge is -2.27. The van der Waals surface area contributed by atoms with E-state index >= 15 is 0 Å². The molecule has 1 heterocycles. The van der Waals surface area contributed by atoms with E-state index in [0.29, 0.717) is 12.6 Å². The summed E-state index contributed by atoms with van der Waals surface area (Å²) in [6.07, 6.45) is 3.05. The topological polar surface area (TPSA) is 34.0 Å². The van der Waals surface area contributed by atoms with E-state index in [4.69, 9.17) is 0 Å². The number of fused-ring (bicyclic) bond motifs is 1. The van der Waals surface area contributed by atoms with Gasteiger partial charge >= 0.3 is 0 Å². The van der Waals surface area contributed by atoms with Gasteiger partial charge in [-0.1, -0.05) is 18.2 Å². The van der Waals surface area contributed by atoms with E-state index in [0.717, 1.165) is 30.5 Å². The predicted molar refractivity (Wildman–Crippen MR) is 80.9 cm³/mol. The van der Waals surface area contributed by atoms with Crippen molar-refractivity contribution in [3.05, 3.63) is 69.4 Å².